The van der Waals surface area contributed by atoms with E-state index in [2.05, 4.69) is 25.8 Å². The molecular formula is C21H30N4O3. The van der Waals surface area contributed by atoms with Crippen LogP contribution in [0.5, 0.6) is 0 Å². The number of aromatic nitrogens is 3. The first-order valence-corrected chi connectivity index (χ1v) is 10.1. The minimum atomic E-state index is -0.253. The zero-order valence-electron chi connectivity index (χ0n) is 17.5. The number of amides is 1. The van der Waals surface area contributed by atoms with Crippen LogP contribution in [0.25, 0.3) is 5.65 Å². The first-order valence-electron chi connectivity index (χ1n) is 10.1. The molecule has 3 heterocycles. The Morgan fingerprint density at radius 3 is 2.68 bits per heavy atom. The summed E-state index contributed by atoms with van der Waals surface area (Å²) in [5.74, 6) is -0.559. The SMILES string of the molecule is CCOC(=O)C1CCCN(C(=O)c2cnc3cc(C(C)(C)C)nn3c2CC)C1. The van der Waals surface area contributed by atoms with Gasteiger partial charge in [-0.15, -0.1) is 0 Å². The van der Waals surface area contributed by atoms with Crippen molar-refractivity contribution in [2.75, 3.05) is 19.7 Å². The molecule has 1 amide bonds. The third-order valence-corrected chi connectivity index (χ3v) is 5.25. The highest BCUT2D eigenvalue weighted by molar-refractivity contribution is 5.95. The summed E-state index contributed by atoms with van der Waals surface area (Å²) in [6, 6.07) is 1.98. The van der Waals surface area contributed by atoms with Crippen molar-refractivity contribution in [3.63, 3.8) is 0 Å². The third-order valence-electron chi connectivity index (χ3n) is 5.25. The maximum Gasteiger partial charge on any atom is 0.310 e. The van der Waals surface area contributed by atoms with Crippen LogP contribution in [-0.4, -0.2) is 51.1 Å². The molecule has 1 atom stereocenters. The summed E-state index contributed by atoms with van der Waals surface area (Å²) >= 11 is 0. The number of esters is 1. The Hall–Kier alpha value is -2.44. The first kappa shape index (κ1) is 20.3. The Balaban J connectivity index is 1.92. The topological polar surface area (TPSA) is 76.8 Å². The largest absolute Gasteiger partial charge is 0.466 e. The molecule has 7 heteroatoms. The van der Waals surface area contributed by atoms with E-state index in [1.54, 1.807) is 22.5 Å². The van der Waals surface area contributed by atoms with Gasteiger partial charge in [-0.1, -0.05) is 27.7 Å². The molecule has 1 unspecified atom stereocenters. The molecule has 0 bridgehead atoms. The van der Waals surface area contributed by atoms with E-state index in [4.69, 9.17) is 9.84 Å². The maximum absolute atomic E-state index is 13.2. The molecule has 28 heavy (non-hydrogen) atoms. The standard InChI is InChI=1S/C21H30N4O3/c1-6-16-15(12-22-18-11-17(21(3,4)5)23-25(16)18)19(26)24-10-8-9-14(13-24)20(27)28-7-2/h11-12,14H,6-10,13H2,1-5H3. The van der Waals surface area contributed by atoms with Crippen LogP contribution >= 0.6 is 0 Å². The van der Waals surface area contributed by atoms with E-state index in [0.29, 0.717) is 31.7 Å². The van der Waals surface area contributed by atoms with Crippen molar-refractivity contribution < 1.29 is 14.3 Å². The van der Waals surface area contributed by atoms with Crippen LogP contribution in [0.15, 0.2) is 12.3 Å². The van der Waals surface area contributed by atoms with Crippen LogP contribution in [0, 0.1) is 5.92 Å². The summed E-state index contributed by atoms with van der Waals surface area (Å²) in [5, 5.41) is 4.72. The minimum Gasteiger partial charge on any atom is -0.466 e. The molecule has 0 radical (unpaired) electrons. The number of carbonyl (C=O) groups is 2. The molecule has 0 aliphatic carbocycles. The van der Waals surface area contributed by atoms with E-state index >= 15 is 0 Å². The van der Waals surface area contributed by atoms with Gasteiger partial charge >= 0.3 is 5.97 Å². The van der Waals surface area contributed by atoms with Gasteiger partial charge in [0.25, 0.3) is 5.91 Å². The average Bonchev–Trinajstić information content (AvgIpc) is 3.12. The summed E-state index contributed by atoms with van der Waals surface area (Å²) in [4.78, 5) is 31.6. The molecule has 2 aromatic heterocycles. The van der Waals surface area contributed by atoms with Gasteiger partial charge < -0.3 is 9.64 Å². The van der Waals surface area contributed by atoms with E-state index in [1.165, 1.54) is 0 Å². The number of piperidine rings is 1. The summed E-state index contributed by atoms with van der Waals surface area (Å²) in [7, 11) is 0. The number of rotatable bonds is 4. The molecule has 0 spiro atoms. The second kappa shape index (κ2) is 7.89. The van der Waals surface area contributed by atoms with E-state index in [1.807, 2.05) is 13.0 Å². The lowest BCUT2D eigenvalue weighted by atomic mass is 9.93. The Kier molecular flexibility index (Phi) is 5.72. The molecular weight excluding hydrogens is 356 g/mol. The van der Waals surface area contributed by atoms with Crippen LogP contribution in [0.3, 0.4) is 0 Å². The molecule has 7 nitrogen and oxygen atoms in total. The molecule has 152 valence electrons. The van der Waals surface area contributed by atoms with E-state index in [9.17, 15) is 9.59 Å². The Labute approximate surface area is 166 Å². The number of carbonyl (C=O) groups excluding carboxylic acids is 2. The third kappa shape index (κ3) is 3.88. The number of aryl methyl sites for hydroxylation is 1. The van der Waals surface area contributed by atoms with E-state index in [0.717, 1.165) is 29.9 Å². The summed E-state index contributed by atoms with van der Waals surface area (Å²) in [6.45, 7) is 11.5. The minimum absolute atomic E-state index is 0.0898. The molecule has 1 aliphatic heterocycles. The molecule has 0 saturated carbocycles. The second-order valence-electron chi connectivity index (χ2n) is 8.36. The zero-order valence-corrected chi connectivity index (χ0v) is 17.5. The molecule has 1 fully saturated rings. The van der Waals surface area contributed by atoms with Crippen molar-refractivity contribution in [2.24, 2.45) is 5.92 Å². The molecule has 0 N–H and O–H groups in total. The number of likely N-dealkylation sites (tertiary alicyclic amines) is 1. The Bertz CT molecular complexity index is 882. The zero-order chi connectivity index (χ0) is 20.5. The predicted molar refractivity (Wildman–Crippen MR) is 106 cm³/mol. The smallest absolute Gasteiger partial charge is 0.310 e. The average molecular weight is 386 g/mol. The van der Waals surface area contributed by atoms with Crippen LogP contribution in [0.4, 0.5) is 0 Å². The lowest BCUT2D eigenvalue weighted by Crippen LogP contribution is -2.43. The van der Waals surface area contributed by atoms with Crippen LogP contribution in [-0.2, 0) is 21.4 Å². The number of hydrogen-bond donors (Lipinski definition) is 0. The van der Waals surface area contributed by atoms with E-state index < -0.39 is 0 Å². The van der Waals surface area contributed by atoms with Crippen molar-refractivity contribution in [1.29, 1.82) is 0 Å². The second-order valence-corrected chi connectivity index (χ2v) is 8.36. The van der Waals surface area contributed by atoms with Gasteiger partial charge in [0.2, 0.25) is 0 Å². The lowest BCUT2D eigenvalue weighted by Gasteiger charge is -2.32. The first-order chi connectivity index (χ1) is 13.3. The molecule has 1 saturated heterocycles. The monoisotopic (exact) mass is 386 g/mol. The van der Waals surface area contributed by atoms with Crippen LogP contribution < -0.4 is 0 Å². The number of hydrogen-bond acceptors (Lipinski definition) is 5. The Morgan fingerprint density at radius 2 is 2.04 bits per heavy atom. The molecule has 0 aromatic carbocycles. The summed E-state index contributed by atoms with van der Waals surface area (Å²) in [6.07, 6.45) is 3.87. The Morgan fingerprint density at radius 1 is 1.29 bits per heavy atom. The van der Waals surface area contributed by atoms with Crippen molar-refractivity contribution in [2.45, 2.75) is 59.3 Å². The predicted octanol–water partition coefficient (Wildman–Crippen LogP) is 3.00. The summed E-state index contributed by atoms with van der Waals surface area (Å²) < 4.78 is 6.94. The highest BCUT2D eigenvalue weighted by Gasteiger charge is 2.31. The van der Waals surface area contributed by atoms with Crippen molar-refractivity contribution in [3.05, 3.63) is 29.2 Å². The maximum atomic E-state index is 13.2. The van der Waals surface area contributed by atoms with Gasteiger partial charge in [-0.25, -0.2) is 9.50 Å². The van der Waals surface area contributed by atoms with Gasteiger partial charge in [0.05, 0.1) is 29.5 Å². The van der Waals surface area contributed by atoms with Crippen LogP contribution in [0.2, 0.25) is 0 Å². The van der Waals surface area contributed by atoms with E-state index in [-0.39, 0.29) is 23.2 Å². The number of nitrogens with zero attached hydrogens (tertiary/aromatic N) is 4. The lowest BCUT2D eigenvalue weighted by molar-refractivity contribution is -0.149. The fourth-order valence-corrected chi connectivity index (χ4v) is 3.65. The van der Waals surface area contributed by atoms with Gasteiger partial charge in [0, 0.05) is 30.8 Å². The highest BCUT2D eigenvalue weighted by Crippen LogP contribution is 2.25. The van der Waals surface area contributed by atoms with Crippen molar-refractivity contribution in [3.8, 4) is 0 Å². The molecule has 1 aliphatic rings. The quantitative estimate of drug-likeness (QED) is 0.755. The van der Waals surface area contributed by atoms with Crippen molar-refractivity contribution >= 4 is 17.5 Å². The molecule has 2 aromatic rings. The fraction of sp³-hybridized carbons (Fsp3) is 0.619. The normalized spacial score (nSPS) is 17.8. The van der Waals surface area contributed by atoms with Crippen molar-refractivity contribution in [1.82, 2.24) is 19.5 Å². The summed E-state index contributed by atoms with van der Waals surface area (Å²) in [5.41, 5.74) is 3.01. The highest BCUT2D eigenvalue weighted by atomic mass is 16.5. The number of fused-ring (bicyclic) bond motifs is 1. The molecule has 3 rings (SSSR count). The number of ether oxygens (including phenoxy) is 1. The van der Waals surface area contributed by atoms with Gasteiger partial charge in [-0.05, 0) is 26.2 Å². The van der Waals surface area contributed by atoms with Gasteiger partial charge in [-0.2, -0.15) is 5.10 Å². The van der Waals surface area contributed by atoms with Crippen LogP contribution in [0.1, 0.15) is 69.2 Å². The van der Waals surface area contributed by atoms with Gasteiger partial charge in [0.1, 0.15) is 0 Å². The van der Waals surface area contributed by atoms with Gasteiger partial charge in [0.15, 0.2) is 5.65 Å². The van der Waals surface area contributed by atoms with Gasteiger partial charge in [-0.3, -0.25) is 9.59 Å². The fourth-order valence-electron chi connectivity index (χ4n) is 3.65.